The van der Waals surface area contributed by atoms with Crippen LogP contribution in [0.1, 0.15) is 39.5 Å². The van der Waals surface area contributed by atoms with Crippen LogP contribution < -0.4 is 0 Å². The van der Waals surface area contributed by atoms with E-state index in [0.29, 0.717) is 0 Å². The molecule has 8 heteroatoms. The van der Waals surface area contributed by atoms with E-state index in [2.05, 4.69) is 63.7 Å². The Kier molecular flexibility index (Phi) is 13.7. The third-order valence-electron chi connectivity index (χ3n) is 3.37. The fourth-order valence-corrected chi connectivity index (χ4v) is 3.24. The zero-order valence-electron chi connectivity index (χ0n) is 13.0. The van der Waals surface area contributed by atoms with E-state index in [9.17, 15) is 9.59 Å². The summed E-state index contributed by atoms with van der Waals surface area (Å²) >= 11 is 13.0. The number of carbonyl (C=O) groups excluding carboxylic acids is 2. The highest BCUT2D eigenvalue weighted by atomic mass is 79.9. The fourth-order valence-electron chi connectivity index (χ4n) is 2.08. The van der Waals surface area contributed by atoms with Gasteiger partial charge in [-0.2, -0.15) is 0 Å². The van der Waals surface area contributed by atoms with E-state index in [1.807, 2.05) is 23.6 Å². The maximum atomic E-state index is 11.8. The van der Waals surface area contributed by atoms with E-state index < -0.39 is 0 Å². The van der Waals surface area contributed by atoms with Gasteiger partial charge in [-0.15, -0.1) is 0 Å². The summed E-state index contributed by atoms with van der Waals surface area (Å²) in [5.41, 5.74) is 0. The molecule has 0 saturated heterocycles. The van der Waals surface area contributed by atoms with Crippen LogP contribution in [0, 0.1) is 0 Å². The molecule has 0 aromatic heterocycles. The van der Waals surface area contributed by atoms with Gasteiger partial charge < -0.3 is 9.80 Å². The minimum Gasteiger partial charge on any atom is -0.341 e. The number of amides is 2. The molecule has 0 aromatic carbocycles. The second-order valence-electron chi connectivity index (χ2n) is 4.85. The molecule has 0 N–H and O–H groups in total. The van der Waals surface area contributed by atoms with Crippen molar-refractivity contribution in [3.05, 3.63) is 0 Å². The maximum Gasteiger partial charge on any atom is 0.247 e. The summed E-state index contributed by atoms with van der Waals surface area (Å²) in [6, 6.07) is 0. The summed E-state index contributed by atoms with van der Waals surface area (Å²) in [5.74, 6) is 0.150. The zero-order chi connectivity index (χ0) is 17.1. The number of unbranched alkanes of at least 4 members (excludes halogenated alkanes) is 3. The lowest BCUT2D eigenvalue weighted by atomic mass is 10.2. The smallest absolute Gasteiger partial charge is 0.247 e. The van der Waals surface area contributed by atoms with E-state index >= 15 is 0 Å². The Bertz CT molecular complexity index is 309. The van der Waals surface area contributed by atoms with E-state index in [0.717, 1.165) is 51.9 Å². The zero-order valence-corrected chi connectivity index (χ0v) is 19.4. The third kappa shape index (κ3) is 9.23. The Morgan fingerprint density at radius 2 is 1.05 bits per heavy atom. The van der Waals surface area contributed by atoms with Crippen LogP contribution in [-0.4, -0.2) is 55.3 Å². The Morgan fingerprint density at radius 1 is 0.727 bits per heavy atom. The minimum absolute atomic E-state index is 0.0749. The van der Waals surface area contributed by atoms with Crippen LogP contribution in [0.3, 0.4) is 0 Å². The number of halogens is 4. The summed E-state index contributed by atoms with van der Waals surface area (Å²) in [5, 5.41) is 0. The van der Waals surface area contributed by atoms with Crippen molar-refractivity contribution in [2.45, 2.75) is 47.0 Å². The molecule has 0 saturated carbocycles. The Balaban J connectivity index is 3.89. The van der Waals surface area contributed by atoms with Crippen molar-refractivity contribution in [2.24, 2.45) is 0 Å². The molecule has 0 rings (SSSR count). The summed E-state index contributed by atoms with van der Waals surface area (Å²) in [6.07, 6.45) is 4.12. The van der Waals surface area contributed by atoms with E-state index in [-0.39, 0.29) is 19.3 Å². The number of rotatable bonds is 11. The number of hydrogen-bond acceptors (Lipinski definition) is 2. The van der Waals surface area contributed by atoms with Crippen molar-refractivity contribution in [3.63, 3.8) is 0 Å². The van der Waals surface area contributed by atoms with Gasteiger partial charge in [0.05, 0.1) is 0 Å². The lowest BCUT2D eigenvalue weighted by molar-refractivity contribution is -0.129. The molecular formula is C14H24Br4N2O2. The number of hydrogen-bond donors (Lipinski definition) is 0. The van der Waals surface area contributed by atoms with Crippen molar-refractivity contribution < 1.29 is 9.59 Å². The molecule has 0 heterocycles. The van der Waals surface area contributed by atoms with Gasteiger partial charge in [0, 0.05) is 26.2 Å². The lowest BCUT2D eigenvalue weighted by Crippen LogP contribution is -2.35. The van der Waals surface area contributed by atoms with Gasteiger partial charge in [-0.05, 0) is 26.7 Å². The third-order valence-corrected chi connectivity index (χ3v) is 4.93. The molecule has 0 aliphatic carbocycles. The quantitative estimate of drug-likeness (QED) is 0.271. The van der Waals surface area contributed by atoms with Gasteiger partial charge >= 0.3 is 0 Å². The highest BCUT2D eigenvalue weighted by Gasteiger charge is 2.18. The van der Waals surface area contributed by atoms with Gasteiger partial charge in [0.2, 0.25) is 11.8 Å². The second-order valence-corrected chi connectivity index (χ2v) is 11.0. The average molecular weight is 572 g/mol. The molecule has 2 amide bonds. The molecule has 0 aliphatic rings. The normalized spacial score (nSPS) is 11.1. The summed E-state index contributed by atoms with van der Waals surface area (Å²) in [4.78, 5) is 27.4. The molecule has 0 aromatic rings. The highest BCUT2D eigenvalue weighted by molar-refractivity contribution is 9.25. The van der Waals surface area contributed by atoms with Crippen LogP contribution in [0.4, 0.5) is 0 Å². The van der Waals surface area contributed by atoms with Gasteiger partial charge in [-0.3, -0.25) is 9.59 Å². The highest BCUT2D eigenvalue weighted by Crippen LogP contribution is 2.14. The van der Waals surface area contributed by atoms with Crippen LogP contribution >= 0.6 is 63.7 Å². The first-order chi connectivity index (χ1) is 10.3. The summed E-state index contributed by atoms with van der Waals surface area (Å²) in [6.45, 7) is 6.99. The first kappa shape index (κ1) is 22.9. The van der Waals surface area contributed by atoms with E-state index in [4.69, 9.17) is 0 Å². The first-order valence-electron chi connectivity index (χ1n) is 7.48. The van der Waals surface area contributed by atoms with Crippen molar-refractivity contribution in [1.29, 1.82) is 0 Å². The van der Waals surface area contributed by atoms with Gasteiger partial charge in [0.25, 0.3) is 0 Å². The molecular weight excluding hydrogens is 548 g/mol. The number of alkyl halides is 4. The van der Waals surface area contributed by atoms with Crippen molar-refractivity contribution in [1.82, 2.24) is 9.80 Å². The number of carbonyl (C=O) groups is 2. The predicted octanol–water partition coefficient (Wildman–Crippen LogP) is 4.48. The minimum atomic E-state index is -0.300. The summed E-state index contributed by atoms with van der Waals surface area (Å²) in [7, 11) is 0. The Morgan fingerprint density at radius 3 is 1.27 bits per heavy atom. The van der Waals surface area contributed by atoms with Crippen LogP contribution in [0.2, 0.25) is 0 Å². The van der Waals surface area contributed by atoms with Crippen molar-refractivity contribution in [3.8, 4) is 0 Å². The van der Waals surface area contributed by atoms with Crippen LogP contribution in [0.15, 0.2) is 0 Å². The van der Waals surface area contributed by atoms with Crippen molar-refractivity contribution >= 4 is 75.5 Å². The molecule has 0 spiro atoms. The average Bonchev–Trinajstić information content (AvgIpc) is 2.48. The molecule has 0 atom stereocenters. The monoisotopic (exact) mass is 568 g/mol. The SMILES string of the molecule is CCN(CCCCCCN(CC)C(=O)C(Br)Br)C(=O)C(Br)Br. The van der Waals surface area contributed by atoms with Gasteiger partial charge in [0.15, 0.2) is 0 Å². The molecule has 0 unspecified atom stereocenters. The molecule has 0 aliphatic heterocycles. The van der Waals surface area contributed by atoms with E-state index in [1.54, 1.807) is 0 Å². The van der Waals surface area contributed by atoms with Gasteiger partial charge in [-0.25, -0.2) is 0 Å². The molecule has 0 bridgehead atoms. The molecule has 22 heavy (non-hydrogen) atoms. The number of nitrogens with zero attached hydrogens (tertiary/aromatic N) is 2. The van der Waals surface area contributed by atoms with E-state index in [1.165, 1.54) is 0 Å². The van der Waals surface area contributed by atoms with Crippen molar-refractivity contribution in [2.75, 3.05) is 26.2 Å². The largest absolute Gasteiger partial charge is 0.341 e. The first-order valence-corrected chi connectivity index (χ1v) is 11.1. The topological polar surface area (TPSA) is 40.6 Å². The van der Waals surface area contributed by atoms with Gasteiger partial charge in [-0.1, -0.05) is 76.6 Å². The molecule has 0 radical (unpaired) electrons. The standard InChI is InChI=1S/C14H24Br4N2O2/c1-3-19(13(21)11(15)16)9-7-5-6-8-10-20(4-2)14(22)12(17)18/h11-12H,3-10H2,1-2H3. The van der Waals surface area contributed by atoms with Crippen LogP contribution in [0.5, 0.6) is 0 Å². The fraction of sp³-hybridized carbons (Fsp3) is 0.857. The second kappa shape index (κ2) is 13.2. The molecule has 4 nitrogen and oxygen atoms in total. The summed E-state index contributed by atoms with van der Waals surface area (Å²) < 4.78 is -0.601. The van der Waals surface area contributed by atoms with Gasteiger partial charge in [0.1, 0.15) is 7.47 Å². The maximum absolute atomic E-state index is 11.8. The van der Waals surface area contributed by atoms with Crippen LogP contribution in [0.25, 0.3) is 0 Å². The predicted molar refractivity (Wildman–Crippen MR) is 106 cm³/mol. The molecule has 0 fully saturated rings. The Labute approximate surface area is 167 Å². The lowest BCUT2D eigenvalue weighted by Gasteiger charge is -2.22. The molecule has 130 valence electrons. The Hall–Kier alpha value is 0.860. The van der Waals surface area contributed by atoms with Crippen LogP contribution in [-0.2, 0) is 9.59 Å².